The molecule has 3 aromatic carbocycles. The van der Waals surface area contributed by atoms with Crippen LogP contribution >= 0.6 is 35.0 Å². The molecule has 0 atom stereocenters. The lowest BCUT2D eigenvalue weighted by Crippen LogP contribution is -2.31. The Hall–Kier alpha value is -2.73. The first-order valence-electron chi connectivity index (χ1n) is 8.95. The van der Waals surface area contributed by atoms with Gasteiger partial charge in [0.15, 0.2) is 0 Å². The number of nitrogens with zero attached hydrogens (tertiary/aromatic N) is 1. The van der Waals surface area contributed by atoms with Gasteiger partial charge in [0, 0.05) is 14.9 Å². The Morgan fingerprint density at radius 1 is 0.833 bits per heavy atom. The maximum atomic E-state index is 13.5. The first-order chi connectivity index (χ1) is 14.5. The van der Waals surface area contributed by atoms with Crippen LogP contribution in [0.2, 0.25) is 10.0 Å². The van der Waals surface area contributed by atoms with E-state index in [-0.39, 0.29) is 0 Å². The highest BCUT2D eigenvalue weighted by Gasteiger charge is 2.41. The van der Waals surface area contributed by atoms with Crippen LogP contribution in [0, 0.1) is 0 Å². The molecule has 3 aromatic rings. The van der Waals surface area contributed by atoms with Crippen molar-refractivity contribution in [3.63, 3.8) is 0 Å². The van der Waals surface area contributed by atoms with Crippen LogP contribution in [0.3, 0.4) is 0 Å². The second-order valence-electron chi connectivity index (χ2n) is 6.39. The van der Waals surface area contributed by atoms with E-state index >= 15 is 0 Å². The van der Waals surface area contributed by atoms with Crippen LogP contribution in [-0.4, -0.2) is 18.9 Å². The third-order valence-electron chi connectivity index (χ3n) is 4.52. The summed E-state index contributed by atoms with van der Waals surface area (Å²) in [6.45, 7) is 0. The molecular weight excluding hydrogens is 441 g/mol. The fourth-order valence-corrected chi connectivity index (χ4v) is 4.43. The van der Waals surface area contributed by atoms with Crippen LogP contribution in [0.1, 0.15) is 5.56 Å². The molecule has 7 heteroatoms. The van der Waals surface area contributed by atoms with Gasteiger partial charge in [-0.15, -0.1) is 0 Å². The van der Waals surface area contributed by atoms with E-state index in [0.717, 1.165) is 9.80 Å². The Bertz CT molecular complexity index is 1160. The molecule has 0 bridgehead atoms. The zero-order chi connectivity index (χ0) is 21.3. The summed E-state index contributed by atoms with van der Waals surface area (Å²) in [4.78, 5) is 29.2. The zero-order valence-corrected chi connectivity index (χ0v) is 18.1. The first kappa shape index (κ1) is 20.5. The molecule has 0 radical (unpaired) electrons. The van der Waals surface area contributed by atoms with Crippen molar-refractivity contribution in [2.45, 2.75) is 4.90 Å². The number of hydrogen-bond acceptors (Lipinski definition) is 4. The largest absolute Gasteiger partial charge is 0.495 e. The number of imide groups is 1. The van der Waals surface area contributed by atoms with Gasteiger partial charge in [0.2, 0.25) is 0 Å². The van der Waals surface area contributed by atoms with E-state index in [1.165, 1.54) is 18.9 Å². The third kappa shape index (κ3) is 3.84. The van der Waals surface area contributed by atoms with Crippen molar-refractivity contribution >= 4 is 58.0 Å². The van der Waals surface area contributed by atoms with Crippen LogP contribution in [0.5, 0.6) is 5.75 Å². The molecule has 0 saturated carbocycles. The minimum Gasteiger partial charge on any atom is -0.495 e. The quantitative estimate of drug-likeness (QED) is 0.437. The number of carbonyl (C=O) groups is 2. The van der Waals surface area contributed by atoms with Crippen molar-refractivity contribution < 1.29 is 14.3 Å². The van der Waals surface area contributed by atoms with Gasteiger partial charge >= 0.3 is 0 Å². The fraction of sp³-hybridized carbons (Fsp3) is 0.0435. The summed E-state index contributed by atoms with van der Waals surface area (Å²) in [6, 6.07) is 21.0. The number of ether oxygens (including phenoxy) is 1. The summed E-state index contributed by atoms with van der Waals surface area (Å²) >= 11 is 13.4. The molecule has 0 unspecified atom stereocenters. The van der Waals surface area contributed by atoms with Crippen molar-refractivity contribution in [1.29, 1.82) is 0 Å². The summed E-state index contributed by atoms with van der Waals surface area (Å²) in [5.41, 5.74) is 1.30. The Balaban J connectivity index is 1.84. The number of carbonyl (C=O) groups excluding carboxylic acids is 2. The molecule has 0 aromatic heterocycles. The van der Waals surface area contributed by atoms with E-state index in [1.54, 1.807) is 30.3 Å². The lowest BCUT2D eigenvalue weighted by atomic mass is 10.1. The Labute approximate surface area is 188 Å². The molecule has 1 heterocycles. The summed E-state index contributed by atoms with van der Waals surface area (Å²) < 4.78 is 5.37. The molecule has 0 spiro atoms. The number of anilines is 1. The van der Waals surface area contributed by atoms with Gasteiger partial charge < -0.3 is 4.74 Å². The van der Waals surface area contributed by atoms with Crippen molar-refractivity contribution in [3.05, 3.63) is 93.3 Å². The normalized spacial score (nSPS) is 13.9. The molecule has 2 amide bonds. The summed E-state index contributed by atoms with van der Waals surface area (Å²) in [5.74, 6) is -0.478. The molecular formula is C23H15Cl2NO3S. The lowest BCUT2D eigenvalue weighted by molar-refractivity contribution is -0.119. The molecule has 150 valence electrons. The molecule has 30 heavy (non-hydrogen) atoms. The summed E-state index contributed by atoms with van der Waals surface area (Å²) in [7, 11) is 1.48. The topological polar surface area (TPSA) is 46.6 Å². The van der Waals surface area contributed by atoms with Gasteiger partial charge in [-0.05, 0) is 48.0 Å². The van der Waals surface area contributed by atoms with Gasteiger partial charge in [0.1, 0.15) is 5.75 Å². The predicted molar refractivity (Wildman–Crippen MR) is 121 cm³/mol. The van der Waals surface area contributed by atoms with E-state index in [1.807, 2.05) is 42.5 Å². The smallest absolute Gasteiger partial charge is 0.273 e. The van der Waals surface area contributed by atoms with E-state index in [0.29, 0.717) is 37.5 Å². The molecule has 4 nitrogen and oxygen atoms in total. The number of amides is 2. The zero-order valence-electron chi connectivity index (χ0n) is 15.8. The van der Waals surface area contributed by atoms with Crippen LogP contribution in [0.25, 0.3) is 5.57 Å². The molecule has 1 aliphatic heterocycles. The fourth-order valence-electron chi connectivity index (χ4n) is 3.14. The predicted octanol–water partition coefficient (Wildman–Crippen LogP) is 6.08. The summed E-state index contributed by atoms with van der Waals surface area (Å²) in [5, 5.41) is 0.988. The standard InChI is InChI=1S/C23H15Cl2NO3S/c1-29-19-12-9-16(25)13-18(19)26-22(27)20(14-5-3-2-4-6-14)21(23(26)28)30-17-10-7-15(24)8-11-17/h2-13H,1H3. The van der Waals surface area contributed by atoms with Gasteiger partial charge in [0.25, 0.3) is 11.8 Å². The van der Waals surface area contributed by atoms with Crippen LogP contribution < -0.4 is 9.64 Å². The van der Waals surface area contributed by atoms with Gasteiger partial charge in [-0.3, -0.25) is 9.59 Å². The summed E-state index contributed by atoms with van der Waals surface area (Å²) in [6.07, 6.45) is 0. The average Bonchev–Trinajstić information content (AvgIpc) is 2.99. The van der Waals surface area contributed by atoms with Crippen LogP contribution in [0.4, 0.5) is 5.69 Å². The minimum absolute atomic E-state index is 0.306. The number of benzene rings is 3. The van der Waals surface area contributed by atoms with Gasteiger partial charge in [0.05, 0.1) is 23.3 Å². The maximum absolute atomic E-state index is 13.5. The average molecular weight is 456 g/mol. The Kier molecular flexibility index (Phi) is 5.86. The van der Waals surface area contributed by atoms with Crippen molar-refractivity contribution in [1.82, 2.24) is 0 Å². The second kappa shape index (κ2) is 8.56. The molecule has 0 fully saturated rings. The molecule has 4 rings (SSSR count). The Morgan fingerprint density at radius 2 is 1.50 bits per heavy atom. The first-order valence-corrected chi connectivity index (χ1v) is 10.5. The lowest BCUT2D eigenvalue weighted by Gasteiger charge is -2.18. The third-order valence-corrected chi connectivity index (χ3v) is 6.10. The van der Waals surface area contributed by atoms with E-state index < -0.39 is 11.8 Å². The van der Waals surface area contributed by atoms with E-state index in [2.05, 4.69) is 0 Å². The molecule has 0 N–H and O–H groups in total. The van der Waals surface area contributed by atoms with Gasteiger partial charge in [-0.25, -0.2) is 4.90 Å². The minimum atomic E-state index is -0.431. The molecule has 1 aliphatic rings. The Morgan fingerprint density at radius 3 is 2.17 bits per heavy atom. The van der Waals surface area contributed by atoms with Gasteiger partial charge in [-0.1, -0.05) is 65.3 Å². The molecule has 0 aliphatic carbocycles. The van der Waals surface area contributed by atoms with Crippen molar-refractivity contribution in [3.8, 4) is 5.75 Å². The number of hydrogen-bond donors (Lipinski definition) is 0. The molecule has 0 saturated heterocycles. The monoisotopic (exact) mass is 455 g/mol. The maximum Gasteiger partial charge on any atom is 0.273 e. The van der Waals surface area contributed by atoms with Crippen LogP contribution in [-0.2, 0) is 9.59 Å². The highest BCUT2D eigenvalue weighted by molar-refractivity contribution is 8.04. The number of rotatable bonds is 5. The van der Waals surface area contributed by atoms with E-state index in [9.17, 15) is 9.59 Å². The number of thioether (sulfide) groups is 1. The highest BCUT2D eigenvalue weighted by atomic mass is 35.5. The second-order valence-corrected chi connectivity index (χ2v) is 8.34. The van der Waals surface area contributed by atoms with Crippen molar-refractivity contribution in [2.75, 3.05) is 12.0 Å². The van der Waals surface area contributed by atoms with Crippen LogP contribution in [0.15, 0.2) is 82.6 Å². The van der Waals surface area contributed by atoms with Crippen molar-refractivity contribution in [2.24, 2.45) is 0 Å². The van der Waals surface area contributed by atoms with E-state index in [4.69, 9.17) is 27.9 Å². The highest BCUT2D eigenvalue weighted by Crippen LogP contribution is 2.44. The van der Waals surface area contributed by atoms with Gasteiger partial charge in [-0.2, -0.15) is 0 Å². The number of methoxy groups -OCH3 is 1. The number of halogens is 2. The SMILES string of the molecule is COc1ccc(Cl)cc1N1C(=O)C(Sc2ccc(Cl)cc2)=C(c2ccccc2)C1=O.